The van der Waals surface area contributed by atoms with Crippen molar-refractivity contribution < 1.29 is 9.90 Å². The van der Waals surface area contributed by atoms with Gasteiger partial charge >= 0.3 is 5.97 Å². The number of aliphatic carboxylic acids is 1. The van der Waals surface area contributed by atoms with E-state index in [1.165, 1.54) is 24.9 Å². The summed E-state index contributed by atoms with van der Waals surface area (Å²) in [4.78, 5) is 15.6. The van der Waals surface area contributed by atoms with Gasteiger partial charge in [-0.25, -0.2) is 0 Å². The summed E-state index contributed by atoms with van der Waals surface area (Å²) < 4.78 is 0. The number of likely N-dealkylation sites (tertiary alicyclic amines) is 1. The van der Waals surface area contributed by atoms with E-state index < -0.39 is 5.97 Å². The molecule has 116 valence electrons. The Morgan fingerprint density at radius 3 is 2.62 bits per heavy atom. The quantitative estimate of drug-likeness (QED) is 0.836. The molecule has 0 aliphatic carbocycles. The molecular formula is C17H26N2O2. The molecule has 0 bridgehead atoms. The zero-order valence-corrected chi connectivity index (χ0v) is 13.1. The molecule has 0 saturated carbocycles. The third-order valence-electron chi connectivity index (χ3n) is 4.26. The Morgan fingerprint density at radius 2 is 2.00 bits per heavy atom. The van der Waals surface area contributed by atoms with E-state index in [9.17, 15) is 4.79 Å². The molecule has 1 N–H and O–H groups in total. The van der Waals surface area contributed by atoms with Crippen LogP contribution in [0.4, 0.5) is 0 Å². The van der Waals surface area contributed by atoms with E-state index in [0.29, 0.717) is 6.04 Å². The van der Waals surface area contributed by atoms with Gasteiger partial charge in [0, 0.05) is 19.1 Å². The van der Waals surface area contributed by atoms with Crippen molar-refractivity contribution in [3.05, 3.63) is 35.4 Å². The van der Waals surface area contributed by atoms with Gasteiger partial charge in [-0.15, -0.1) is 0 Å². The molecule has 1 unspecified atom stereocenters. The summed E-state index contributed by atoms with van der Waals surface area (Å²) in [5.74, 6) is -0.777. The lowest BCUT2D eigenvalue weighted by atomic mass is 10.1. The average molecular weight is 290 g/mol. The van der Waals surface area contributed by atoms with Crippen LogP contribution in [0, 0.1) is 0 Å². The lowest BCUT2D eigenvalue weighted by Gasteiger charge is -2.27. The fourth-order valence-corrected chi connectivity index (χ4v) is 3.19. The minimum Gasteiger partial charge on any atom is -0.481 e. The van der Waals surface area contributed by atoms with Crippen molar-refractivity contribution in [1.82, 2.24) is 9.80 Å². The van der Waals surface area contributed by atoms with Crippen molar-refractivity contribution >= 4 is 5.97 Å². The van der Waals surface area contributed by atoms with E-state index >= 15 is 0 Å². The molecule has 4 heteroatoms. The number of carboxylic acid groups (broad SMARTS) is 1. The van der Waals surface area contributed by atoms with Crippen molar-refractivity contribution in [3.63, 3.8) is 0 Å². The Morgan fingerprint density at radius 1 is 1.33 bits per heavy atom. The Kier molecular flexibility index (Phi) is 5.76. The molecule has 1 aliphatic rings. The lowest BCUT2D eigenvalue weighted by molar-refractivity contribution is -0.136. The number of hydrogen-bond acceptors (Lipinski definition) is 3. The summed E-state index contributed by atoms with van der Waals surface area (Å²) in [6.07, 6.45) is 2.72. The number of hydrogen-bond donors (Lipinski definition) is 1. The number of rotatable bonds is 7. The molecule has 0 amide bonds. The molecular weight excluding hydrogens is 264 g/mol. The van der Waals surface area contributed by atoms with Gasteiger partial charge in [-0.3, -0.25) is 9.69 Å². The number of nitrogens with zero attached hydrogens (tertiary/aromatic N) is 2. The molecule has 1 aromatic carbocycles. The number of likely N-dealkylation sites (N-methyl/N-ethyl adjacent to an activating group) is 2. The van der Waals surface area contributed by atoms with E-state index in [0.717, 1.165) is 25.2 Å². The first kappa shape index (κ1) is 16.0. The fraction of sp³-hybridized carbons (Fsp3) is 0.588. The van der Waals surface area contributed by atoms with Crippen LogP contribution < -0.4 is 0 Å². The van der Waals surface area contributed by atoms with Gasteiger partial charge in [0.2, 0.25) is 0 Å². The van der Waals surface area contributed by atoms with Crippen LogP contribution in [0.2, 0.25) is 0 Å². The maximum absolute atomic E-state index is 10.7. The smallest absolute Gasteiger partial charge is 0.307 e. The summed E-state index contributed by atoms with van der Waals surface area (Å²) in [5.41, 5.74) is 2.11. The van der Waals surface area contributed by atoms with E-state index in [-0.39, 0.29) is 6.42 Å². The van der Waals surface area contributed by atoms with Crippen LogP contribution in [0.15, 0.2) is 24.3 Å². The van der Waals surface area contributed by atoms with Crippen molar-refractivity contribution in [2.75, 3.05) is 26.7 Å². The van der Waals surface area contributed by atoms with Gasteiger partial charge < -0.3 is 10.0 Å². The Hall–Kier alpha value is -1.39. The molecule has 1 heterocycles. The van der Waals surface area contributed by atoms with Crippen molar-refractivity contribution in [2.45, 2.75) is 38.8 Å². The van der Waals surface area contributed by atoms with Crippen LogP contribution in [0.5, 0.6) is 0 Å². The van der Waals surface area contributed by atoms with Crippen LogP contribution >= 0.6 is 0 Å². The maximum Gasteiger partial charge on any atom is 0.307 e. The molecule has 0 radical (unpaired) electrons. The van der Waals surface area contributed by atoms with Crippen LogP contribution in [0.3, 0.4) is 0 Å². The van der Waals surface area contributed by atoms with E-state index in [2.05, 4.69) is 23.8 Å². The maximum atomic E-state index is 10.7. The number of benzene rings is 1. The minimum atomic E-state index is -0.777. The Balaban J connectivity index is 1.84. The predicted octanol–water partition coefficient (Wildman–Crippen LogP) is 2.23. The van der Waals surface area contributed by atoms with Gasteiger partial charge in [0.1, 0.15) is 0 Å². The molecule has 1 saturated heterocycles. The summed E-state index contributed by atoms with van der Waals surface area (Å²) >= 11 is 0. The molecule has 0 aromatic heterocycles. The van der Waals surface area contributed by atoms with E-state index in [1.807, 2.05) is 24.3 Å². The fourth-order valence-electron chi connectivity index (χ4n) is 3.19. The summed E-state index contributed by atoms with van der Waals surface area (Å²) in [5, 5.41) is 8.78. The van der Waals surface area contributed by atoms with Crippen LogP contribution in [0.1, 0.15) is 30.9 Å². The zero-order chi connectivity index (χ0) is 15.2. The molecule has 1 aromatic rings. The van der Waals surface area contributed by atoms with Gasteiger partial charge in [0.05, 0.1) is 6.42 Å². The van der Waals surface area contributed by atoms with E-state index in [1.54, 1.807) is 0 Å². The first-order valence-electron chi connectivity index (χ1n) is 7.80. The highest BCUT2D eigenvalue weighted by atomic mass is 16.4. The van der Waals surface area contributed by atoms with Gasteiger partial charge in [-0.1, -0.05) is 31.2 Å². The van der Waals surface area contributed by atoms with Gasteiger partial charge in [0.25, 0.3) is 0 Å². The van der Waals surface area contributed by atoms with Crippen molar-refractivity contribution in [1.29, 1.82) is 0 Å². The first-order valence-corrected chi connectivity index (χ1v) is 7.80. The van der Waals surface area contributed by atoms with Gasteiger partial charge in [0.15, 0.2) is 0 Å². The monoisotopic (exact) mass is 290 g/mol. The molecule has 1 aliphatic heterocycles. The number of carbonyl (C=O) groups is 1. The average Bonchev–Trinajstić information content (AvgIpc) is 2.87. The first-order chi connectivity index (χ1) is 10.1. The molecule has 1 fully saturated rings. The third kappa shape index (κ3) is 4.83. The predicted molar refractivity (Wildman–Crippen MR) is 84.4 cm³/mol. The molecule has 21 heavy (non-hydrogen) atoms. The van der Waals surface area contributed by atoms with E-state index in [4.69, 9.17) is 5.11 Å². The topological polar surface area (TPSA) is 43.8 Å². The lowest BCUT2D eigenvalue weighted by Crippen LogP contribution is -2.38. The second kappa shape index (κ2) is 7.57. The zero-order valence-electron chi connectivity index (χ0n) is 13.1. The molecule has 1 atom stereocenters. The van der Waals surface area contributed by atoms with Crippen LogP contribution in [-0.4, -0.2) is 53.6 Å². The summed E-state index contributed by atoms with van der Waals surface area (Å²) in [7, 11) is 2.16. The largest absolute Gasteiger partial charge is 0.481 e. The van der Waals surface area contributed by atoms with Crippen molar-refractivity contribution in [3.8, 4) is 0 Å². The third-order valence-corrected chi connectivity index (χ3v) is 4.26. The second-order valence-corrected chi connectivity index (χ2v) is 6.01. The Labute approximate surface area is 127 Å². The standard InChI is InChI=1S/C17H26N2O2/c1-3-19-10-4-5-16(19)13-18(2)12-15-8-6-14(7-9-15)11-17(20)21/h6-9,16H,3-5,10-13H2,1-2H3,(H,20,21). The highest BCUT2D eigenvalue weighted by Crippen LogP contribution is 2.18. The SMILES string of the molecule is CCN1CCCC1CN(C)Cc1ccc(CC(=O)O)cc1. The summed E-state index contributed by atoms with van der Waals surface area (Å²) in [6, 6.07) is 8.62. The molecule has 0 spiro atoms. The van der Waals surface area contributed by atoms with Gasteiger partial charge in [-0.2, -0.15) is 0 Å². The normalized spacial score (nSPS) is 19.3. The van der Waals surface area contributed by atoms with Gasteiger partial charge in [-0.05, 0) is 44.1 Å². The van der Waals surface area contributed by atoms with Crippen molar-refractivity contribution in [2.24, 2.45) is 0 Å². The second-order valence-electron chi connectivity index (χ2n) is 6.01. The highest BCUT2D eigenvalue weighted by Gasteiger charge is 2.23. The van der Waals surface area contributed by atoms with Crippen LogP contribution in [0.25, 0.3) is 0 Å². The van der Waals surface area contributed by atoms with Crippen LogP contribution in [-0.2, 0) is 17.8 Å². The molecule has 4 nitrogen and oxygen atoms in total. The Bertz CT molecular complexity index is 458. The minimum absolute atomic E-state index is 0.101. The summed E-state index contributed by atoms with van der Waals surface area (Å²) in [6.45, 7) is 6.63. The number of carboxylic acids is 1. The highest BCUT2D eigenvalue weighted by molar-refractivity contribution is 5.70. The molecule has 2 rings (SSSR count).